The van der Waals surface area contributed by atoms with Crippen molar-refractivity contribution in [3.05, 3.63) is 11.6 Å². The summed E-state index contributed by atoms with van der Waals surface area (Å²) in [6, 6.07) is 2.33. The van der Waals surface area contributed by atoms with Gasteiger partial charge in [-0.3, -0.25) is 9.79 Å². The molecule has 0 N–H and O–H groups in total. The fourth-order valence-corrected chi connectivity index (χ4v) is 11.0. The number of fused-ring (bicyclic) bond motifs is 5. The summed E-state index contributed by atoms with van der Waals surface area (Å²) in [5.41, 5.74) is 2.08. The molecule has 6 rings (SSSR count). The largest absolute Gasteiger partial charge is 0.299 e. The second kappa shape index (κ2) is 10.2. The highest BCUT2D eigenvalue weighted by Gasteiger charge is 2.60. The Hall–Kier alpha value is -1.43. The van der Waals surface area contributed by atoms with Crippen molar-refractivity contribution in [3.63, 3.8) is 0 Å². The maximum Gasteiger partial charge on any atom is 0.136 e. The molecule has 3 nitrogen and oxygen atoms in total. The molecule has 1 heterocycles. The van der Waals surface area contributed by atoms with E-state index in [2.05, 4.69) is 31.8 Å². The van der Waals surface area contributed by atoms with Crippen LogP contribution >= 0.6 is 0 Å². The van der Waals surface area contributed by atoms with E-state index in [0.29, 0.717) is 22.2 Å². The zero-order chi connectivity index (χ0) is 26.5. The van der Waals surface area contributed by atoms with Crippen molar-refractivity contribution < 1.29 is 4.79 Å². The Bertz CT molecular complexity index is 1020. The number of allylic oxidation sites excluding steroid dienone is 1. The number of ketones is 1. The van der Waals surface area contributed by atoms with Gasteiger partial charge in [0.05, 0.1) is 11.6 Å². The van der Waals surface area contributed by atoms with Gasteiger partial charge < -0.3 is 0 Å². The van der Waals surface area contributed by atoms with Crippen LogP contribution < -0.4 is 0 Å². The van der Waals surface area contributed by atoms with Crippen LogP contribution in [0, 0.1) is 63.1 Å². The van der Waals surface area contributed by atoms with Gasteiger partial charge >= 0.3 is 0 Å². The molecule has 0 radical (unpaired) electrons. The van der Waals surface area contributed by atoms with Gasteiger partial charge in [0, 0.05) is 18.6 Å². The number of unbranched alkanes of at least 4 members (excludes halogenated alkanes) is 1. The highest BCUT2D eigenvalue weighted by molar-refractivity contribution is 5.86. The summed E-state index contributed by atoms with van der Waals surface area (Å²) < 4.78 is 0. The van der Waals surface area contributed by atoms with E-state index in [1.165, 1.54) is 77.0 Å². The zero-order valence-corrected chi connectivity index (χ0v) is 24.5. The molecule has 1 aliphatic heterocycles. The molecule has 0 aromatic carbocycles. The van der Waals surface area contributed by atoms with Gasteiger partial charge in [-0.05, 0) is 142 Å². The Morgan fingerprint density at radius 2 is 1.68 bits per heavy atom. The molecule has 5 aliphatic carbocycles. The van der Waals surface area contributed by atoms with Gasteiger partial charge in [-0.25, -0.2) is 0 Å². The predicted octanol–water partition coefficient (Wildman–Crippen LogP) is 8.87. The summed E-state index contributed by atoms with van der Waals surface area (Å²) >= 11 is 0. The minimum absolute atomic E-state index is 0.147. The minimum Gasteiger partial charge on any atom is -0.299 e. The normalized spacial score (nSPS) is 46.2. The van der Waals surface area contributed by atoms with Crippen LogP contribution in [0.5, 0.6) is 0 Å². The van der Waals surface area contributed by atoms with Crippen molar-refractivity contribution in [1.29, 1.82) is 5.26 Å². The van der Waals surface area contributed by atoms with Gasteiger partial charge in [-0.15, -0.1) is 0 Å². The number of aliphatic imine (C=N–C) groups is 1. The topological polar surface area (TPSA) is 53.2 Å². The summed E-state index contributed by atoms with van der Waals surface area (Å²) in [6.07, 6.45) is 25.6. The fraction of sp³-hybridized carbons (Fsp3) is 0.857. The van der Waals surface area contributed by atoms with Crippen LogP contribution in [0.2, 0.25) is 0 Å². The van der Waals surface area contributed by atoms with Crippen LogP contribution in [-0.4, -0.2) is 18.0 Å². The Kier molecular flexibility index (Phi) is 7.18. The second-order valence-corrected chi connectivity index (χ2v) is 15.4. The zero-order valence-electron chi connectivity index (χ0n) is 24.5. The monoisotopic (exact) mass is 516 g/mol. The summed E-state index contributed by atoms with van der Waals surface area (Å²) in [5.74, 6) is 5.34. The first kappa shape index (κ1) is 26.8. The van der Waals surface area contributed by atoms with Gasteiger partial charge in [0.2, 0.25) is 0 Å². The van der Waals surface area contributed by atoms with E-state index >= 15 is 0 Å². The lowest BCUT2D eigenvalue weighted by Crippen LogP contribution is -2.56. The lowest BCUT2D eigenvalue weighted by molar-refractivity contribution is -0.151. The van der Waals surface area contributed by atoms with E-state index in [1.54, 1.807) is 6.21 Å². The van der Waals surface area contributed by atoms with Crippen molar-refractivity contribution in [2.75, 3.05) is 0 Å². The molecule has 9 atom stereocenters. The van der Waals surface area contributed by atoms with Gasteiger partial charge in [-0.1, -0.05) is 33.6 Å². The maximum absolute atomic E-state index is 13.7. The number of rotatable bonds is 7. The molecule has 0 aromatic rings. The van der Waals surface area contributed by atoms with Crippen molar-refractivity contribution in [2.24, 2.45) is 56.7 Å². The van der Waals surface area contributed by atoms with Gasteiger partial charge in [0.15, 0.2) is 0 Å². The molecule has 0 saturated heterocycles. The first-order chi connectivity index (χ1) is 18.3. The van der Waals surface area contributed by atoms with Gasteiger partial charge in [-0.2, -0.15) is 5.26 Å². The molecule has 0 amide bonds. The van der Waals surface area contributed by atoms with Gasteiger partial charge in [0.25, 0.3) is 0 Å². The number of carbonyl (C=O) groups is 1. The quantitative estimate of drug-likeness (QED) is 0.317. The third kappa shape index (κ3) is 4.65. The van der Waals surface area contributed by atoms with E-state index in [0.717, 1.165) is 61.7 Å². The van der Waals surface area contributed by atoms with Crippen molar-refractivity contribution in [2.45, 2.75) is 136 Å². The van der Waals surface area contributed by atoms with Crippen LogP contribution in [-0.2, 0) is 4.79 Å². The SMILES string of the molecule is C[C@]1(C2CC2)CCC2CC[C@@H]3C(CC[C@@]4(C)C3CCC[C@@H]4C(=O)CCCCC3C=C(C#N)C=N3)[C@@]2(C)CC1. The predicted molar refractivity (Wildman–Crippen MR) is 155 cm³/mol. The lowest BCUT2D eigenvalue weighted by atomic mass is 9.42. The Labute approximate surface area is 232 Å². The van der Waals surface area contributed by atoms with E-state index in [4.69, 9.17) is 5.26 Å². The van der Waals surface area contributed by atoms with Crippen molar-refractivity contribution in [3.8, 4) is 6.07 Å². The van der Waals surface area contributed by atoms with Crippen molar-refractivity contribution in [1.82, 2.24) is 0 Å². The average Bonchev–Trinajstić information content (AvgIpc) is 3.69. The molecule has 0 aromatic heterocycles. The van der Waals surface area contributed by atoms with E-state index in [1.807, 2.05) is 6.08 Å². The second-order valence-electron chi connectivity index (χ2n) is 15.4. The molecule has 0 spiro atoms. The first-order valence-corrected chi connectivity index (χ1v) is 16.4. The molecule has 3 heteroatoms. The molecule has 0 bridgehead atoms. The van der Waals surface area contributed by atoms with Gasteiger partial charge in [0.1, 0.15) is 11.9 Å². The molecular weight excluding hydrogens is 464 g/mol. The number of carbonyl (C=O) groups excluding carboxylic acids is 1. The molecule has 208 valence electrons. The number of hydrogen-bond acceptors (Lipinski definition) is 3. The summed E-state index contributed by atoms with van der Waals surface area (Å²) in [4.78, 5) is 18.1. The molecule has 5 saturated carbocycles. The summed E-state index contributed by atoms with van der Waals surface area (Å²) in [6.45, 7) is 7.91. The maximum atomic E-state index is 13.7. The number of nitrogens with zero attached hydrogens (tertiary/aromatic N) is 2. The smallest absolute Gasteiger partial charge is 0.136 e. The average molecular weight is 517 g/mol. The minimum atomic E-state index is 0.147. The number of hydrogen-bond donors (Lipinski definition) is 0. The standard InChI is InChI=1S/C35H52N2O/c1-33(25-11-12-25)17-15-26-13-14-28-29-8-6-9-31(35(29,3)18-16-30(28)34(26,2)20-19-33)32(38)10-5-4-7-27-21-24(22-36)23-37-27/h21,23,25-31H,4-20H2,1-3H3/t26?,27?,28-,29?,30?,31+,33-,34-,35-/m0/s1. The Morgan fingerprint density at radius 1 is 0.895 bits per heavy atom. The highest BCUT2D eigenvalue weighted by Crippen LogP contribution is 2.68. The first-order valence-electron chi connectivity index (χ1n) is 16.4. The van der Waals surface area contributed by atoms with Crippen LogP contribution in [0.25, 0.3) is 0 Å². The van der Waals surface area contributed by atoms with Crippen LogP contribution in [0.3, 0.4) is 0 Å². The summed E-state index contributed by atoms with van der Waals surface area (Å²) in [5, 5.41) is 9.04. The molecular formula is C35H52N2O. The fourth-order valence-electron chi connectivity index (χ4n) is 11.0. The van der Waals surface area contributed by atoms with Crippen molar-refractivity contribution >= 4 is 12.0 Å². The number of Topliss-reactive ketones (excluding diaryl/α,β-unsaturated/α-hetero) is 1. The Balaban J connectivity index is 1.09. The van der Waals surface area contributed by atoms with Crippen LogP contribution in [0.4, 0.5) is 0 Å². The molecule has 5 fully saturated rings. The highest BCUT2D eigenvalue weighted by atomic mass is 16.1. The molecule has 38 heavy (non-hydrogen) atoms. The number of nitriles is 1. The molecule has 4 unspecified atom stereocenters. The van der Waals surface area contributed by atoms with E-state index in [-0.39, 0.29) is 17.4 Å². The third-order valence-electron chi connectivity index (χ3n) is 13.6. The third-order valence-corrected chi connectivity index (χ3v) is 13.6. The van der Waals surface area contributed by atoms with E-state index < -0.39 is 0 Å². The molecule has 6 aliphatic rings. The van der Waals surface area contributed by atoms with E-state index in [9.17, 15) is 4.79 Å². The Morgan fingerprint density at radius 3 is 2.45 bits per heavy atom. The van der Waals surface area contributed by atoms with Crippen LogP contribution in [0.15, 0.2) is 16.6 Å². The lowest BCUT2D eigenvalue weighted by Gasteiger charge is -2.62. The summed E-state index contributed by atoms with van der Waals surface area (Å²) in [7, 11) is 0. The van der Waals surface area contributed by atoms with Crippen LogP contribution in [0.1, 0.15) is 130 Å².